The van der Waals surface area contributed by atoms with Gasteiger partial charge in [0.25, 0.3) is 0 Å². The second kappa shape index (κ2) is 10.1. The molecule has 0 heterocycles. The summed E-state index contributed by atoms with van der Waals surface area (Å²) in [6.07, 6.45) is 2.97. The largest absolute Gasteiger partial charge is 0.489 e. The quantitative estimate of drug-likeness (QED) is 0.284. The molecule has 6 nitrogen and oxygen atoms in total. The molecule has 0 saturated carbocycles. The Morgan fingerprint density at radius 3 is 2.74 bits per heavy atom. The molecule has 9 heteroatoms. The van der Waals surface area contributed by atoms with Gasteiger partial charge in [0.1, 0.15) is 12.4 Å². The van der Waals surface area contributed by atoms with E-state index in [1.165, 1.54) is 12.3 Å². The first-order valence-electron chi connectivity index (χ1n) is 7.54. The molecule has 0 fully saturated rings. The van der Waals surface area contributed by atoms with Crippen LogP contribution in [0.5, 0.6) is 5.75 Å². The van der Waals surface area contributed by atoms with Gasteiger partial charge in [0, 0.05) is 10.0 Å². The van der Waals surface area contributed by atoms with E-state index in [0.29, 0.717) is 17.9 Å². The van der Waals surface area contributed by atoms with Crippen LogP contribution in [0.15, 0.2) is 58.6 Å². The van der Waals surface area contributed by atoms with Gasteiger partial charge in [-0.2, -0.15) is 5.10 Å². The van der Waals surface area contributed by atoms with E-state index in [1.807, 2.05) is 0 Å². The number of ether oxygens (including phenoxy) is 1. The first kappa shape index (κ1) is 21.0. The summed E-state index contributed by atoms with van der Waals surface area (Å²) in [4.78, 5) is 23.8. The number of benzene rings is 2. The number of carbonyl (C=O) groups excluding carboxylic acids is 2. The van der Waals surface area contributed by atoms with Gasteiger partial charge in [-0.3, -0.25) is 9.59 Å². The molecule has 2 aromatic rings. The van der Waals surface area contributed by atoms with E-state index in [4.69, 9.17) is 27.9 Å². The zero-order chi connectivity index (χ0) is 19.8. The second-order valence-electron chi connectivity index (χ2n) is 5.04. The van der Waals surface area contributed by atoms with Crippen LogP contribution in [0.3, 0.4) is 0 Å². The van der Waals surface area contributed by atoms with E-state index in [1.54, 1.807) is 36.4 Å². The van der Waals surface area contributed by atoms with E-state index >= 15 is 0 Å². The van der Waals surface area contributed by atoms with Crippen molar-refractivity contribution in [1.29, 1.82) is 0 Å². The van der Waals surface area contributed by atoms with E-state index in [9.17, 15) is 9.59 Å². The Kier molecular flexibility index (Phi) is 7.84. The van der Waals surface area contributed by atoms with Gasteiger partial charge in [0.05, 0.1) is 21.9 Å². The fourth-order valence-electron chi connectivity index (χ4n) is 1.89. The van der Waals surface area contributed by atoms with E-state index in [0.717, 1.165) is 4.47 Å². The first-order chi connectivity index (χ1) is 12.9. The highest BCUT2D eigenvalue weighted by molar-refractivity contribution is 9.10. The number of anilines is 1. The Hall–Kier alpha value is -2.35. The molecule has 0 saturated heterocycles. The fourth-order valence-corrected chi connectivity index (χ4v) is 2.62. The van der Waals surface area contributed by atoms with Gasteiger partial charge >= 0.3 is 11.8 Å². The number of hydrogen-bond acceptors (Lipinski definition) is 4. The Morgan fingerprint density at radius 2 is 2.00 bits per heavy atom. The van der Waals surface area contributed by atoms with Gasteiger partial charge in [-0.1, -0.05) is 57.9 Å². The van der Waals surface area contributed by atoms with Crippen LogP contribution in [0.25, 0.3) is 0 Å². The molecule has 0 radical (unpaired) electrons. The predicted molar refractivity (Wildman–Crippen MR) is 111 cm³/mol. The Bertz CT molecular complexity index is 903. The Labute approximate surface area is 174 Å². The van der Waals surface area contributed by atoms with Crippen molar-refractivity contribution in [2.75, 3.05) is 11.9 Å². The topological polar surface area (TPSA) is 79.8 Å². The van der Waals surface area contributed by atoms with E-state index < -0.39 is 11.8 Å². The maximum Gasteiger partial charge on any atom is 0.329 e. The summed E-state index contributed by atoms with van der Waals surface area (Å²) >= 11 is 15.2. The summed E-state index contributed by atoms with van der Waals surface area (Å²) in [5, 5.41) is 6.55. The summed E-state index contributed by atoms with van der Waals surface area (Å²) in [6, 6.07) is 9.97. The molecule has 2 amide bonds. The van der Waals surface area contributed by atoms with Crippen molar-refractivity contribution >= 4 is 62.8 Å². The third kappa shape index (κ3) is 6.09. The average molecular weight is 471 g/mol. The summed E-state index contributed by atoms with van der Waals surface area (Å²) < 4.78 is 6.30. The lowest BCUT2D eigenvalue weighted by Crippen LogP contribution is -2.32. The number of hydrogen-bond donors (Lipinski definition) is 2. The van der Waals surface area contributed by atoms with Gasteiger partial charge < -0.3 is 10.1 Å². The maximum absolute atomic E-state index is 11.9. The third-order valence-electron chi connectivity index (χ3n) is 3.10. The van der Waals surface area contributed by atoms with Crippen molar-refractivity contribution in [3.05, 3.63) is 69.1 Å². The molecule has 140 valence electrons. The summed E-state index contributed by atoms with van der Waals surface area (Å²) in [6.45, 7) is 3.90. The lowest BCUT2D eigenvalue weighted by Gasteiger charge is -2.08. The number of hydrazone groups is 1. The summed E-state index contributed by atoms with van der Waals surface area (Å²) in [5.41, 5.74) is 2.96. The highest BCUT2D eigenvalue weighted by Gasteiger charge is 2.15. The van der Waals surface area contributed by atoms with Crippen molar-refractivity contribution < 1.29 is 14.3 Å². The average Bonchev–Trinajstić information content (AvgIpc) is 2.64. The summed E-state index contributed by atoms with van der Waals surface area (Å²) in [5.74, 6) is -1.36. The van der Waals surface area contributed by atoms with Gasteiger partial charge in [-0.05, 0) is 30.3 Å². The monoisotopic (exact) mass is 469 g/mol. The third-order valence-corrected chi connectivity index (χ3v) is 4.42. The highest BCUT2D eigenvalue weighted by Crippen LogP contribution is 2.29. The normalized spacial score (nSPS) is 10.5. The van der Waals surface area contributed by atoms with Crippen molar-refractivity contribution in [3.8, 4) is 5.75 Å². The molecular formula is C18H14BrCl2N3O3. The van der Waals surface area contributed by atoms with Crippen LogP contribution in [0.4, 0.5) is 5.69 Å². The molecule has 2 rings (SSSR count). The molecule has 2 N–H and O–H groups in total. The molecule has 0 bridgehead atoms. The first-order valence-corrected chi connectivity index (χ1v) is 9.09. The van der Waals surface area contributed by atoms with Crippen molar-refractivity contribution in [2.24, 2.45) is 5.10 Å². The second-order valence-corrected chi connectivity index (χ2v) is 6.74. The number of carbonyl (C=O) groups is 2. The Morgan fingerprint density at radius 1 is 1.22 bits per heavy atom. The van der Waals surface area contributed by atoms with Crippen LogP contribution < -0.4 is 15.5 Å². The molecule has 0 unspecified atom stereocenters. The van der Waals surface area contributed by atoms with Gasteiger partial charge in [0.2, 0.25) is 0 Å². The molecule has 2 aromatic carbocycles. The van der Waals surface area contributed by atoms with Crippen LogP contribution in [-0.4, -0.2) is 24.6 Å². The zero-order valence-electron chi connectivity index (χ0n) is 13.8. The predicted octanol–water partition coefficient (Wildman–Crippen LogP) is 4.41. The van der Waals surface area contributed by atoms with Gasteiger partial charge in [-0.15, -0.1) is 0 Å². The van der Waals surface area contributed by atoms with E-state index in [-0.39, 0.29) is 15.7 Å². The van der Waals surface area contributed by atoms with Crippen molar-refractivity contribution in [3.63, 3.8) is 0 Å². The number of rotatable bonds is 6. The number of nitrogens with zero attached hydrogens (tertiary/aromatic N) is 1. The molecule has 0 aliphatic carbocycles. The zero-order valence-corrected chi connectivity index (χ0v) is 16.9. The standard InChI is InChI=1S/C18H14BrCl2N3O3/c1-2-8-27-15-7-6-12(19)9-11(15)10-22-24-18(26)17(25)23-14-5-3-4-13(20)16(14)21/h2-7,9-10H,1,8H2,(H,23,25)(H,24,26). The summed E-state index contributed by atoms with van der Waals surface area (Å²) in [7, 11) is 0. The van der Waals surface area contributed by atoms with Crippen LogP contribution in [0.2, 0.25) is 10.0 Å². The van der Waals surface area contributed by atoms with E-state index in [2.05, 4.69) is 38.4 Å². The van der Waals surface area contributed by atoms with Crippen molar-refractivity contribution in [1.82, 2.24) is 5.43 Å². The molecule has 0 aliphatic rings. The Balaban J connectivity index is 2.02. The van der Waals surface area contributed by atoms with Crippen LogP contribution >= 0.6 is 39.1 Å². The molecule has 0 spiro atoms. The minimum absolute atomic E-state index is 0.141. The SMILES string of the molecule is C=CCOc1ccc(Br)cc1C=NNC(=O)C(=O)Nc1cccc(Cl)c1Cl. The minimum Gasteiger partial charge on any atom is -0.489 e. The van der Waals surface area contributed by atoms with Crippen LogP contribution in [0, 0.1) is 0 Å². The van der Waals surface area contributed by atoms with Crippen LogP contribution in [-0.2, 0) is 9.59 Å². The number of nitrogens with one attached hydrogen (secondary N) is 2. The molecule has 27 heavy (non-hydrogen) atoms. The fraction of sp³-hybridized carbons (Fsp3) is 0.0556. The van der Waals surface area contributed by atoms with Gasteiger partial charge in [0.15, 0.2) is 0 Å². The molecular weight excluding hydrogens is 457 g/mol. The van der Waals surface area contributed by atoms with Crippen molar-refractivity contribution in [2.45, 2.75) is 0 Å². The number of amides is 2. The maximum atomic E-state index is 11.9. The minimum atomic E-state index is -0.967. The molecule has 0 atom stereocenters. The smallest absolute Gasteiger partial charge is 0.329 e. The van der Waals surface area contributed by atoms with Crippen LogP contribution in [0.1, 0.15) is 5.56 Å². The molecule has 0 aromatic heterocycles. The molecule has 0 aliphatic heterocycles. The number of halogens is 3. The van der Waals surface area contributed by atoms with Gasteiger partial charge in [-0.25, -0.2) is 5.43 Å². The highest BCUT2D eigenvalue weighted by atomic mass is 79.9. The lowest BCUT2D eigenvalue weighted by atomic mass is 10.2. The lowest BCUT2D eigenvalue weighted by molar-refractivity contribution is -0.136.